The van der Waals surface area contributed by atoms with Crippen LogP contribution >= 0.6 is 0 Å². The lowest BCUT2D eigenvalue weighted by atomic mass is 9.95. The SMILES string of the molecule is CN1CC1C#CC#Cc1ccc(C(=O)N[C@H](C(=O)NON)[C@](C)(O)C(F)F)cc1. The number of likely N-dealkylation sites (N-methyl/N-ethyl adjacent to an activating group) is 1. The molecule has 0 bridgehead atoms. The first-order chi connectivity index (χ1) is 13.7. The summed E-state index contributed by atoms with van der Waals surface area (Å²) >= 11 is 0. The highest BCUT2D eigenvalue weighted by Crippen LogP contribution is 2.20. The Bertz CT molecular complexity index is 881. The van der Waals surface area contributed by atoms with E-state index in [2.05, 4.69) is 44.7 Å². The van der Waals surface area contributed by atoms with Crippen molar-refractivity contribution in [2.75, 3.05) is 13.6 Å². The molecule has 1 aromatic rings. The lowest BCUT2D eigenvalue weighted by Crippen LogP contribution is -2.62. The molecular weight excluding hydrogens is 386 g/mol. The molecule has 4 atom stereocenters. The third-order valence-electron chi connectivity index (χ3n) is 4.24. The molecule has 0 radical (unpaired) electrons. The van der Waals surface area contributed by atoms with Crippen molar-refractivity contribution in [3.05, 3.63) is 35.4 Å². The number of hydrogen-bond acceptors (Lipinski definition) is 6. The van der Waals surface area contributed by atoms with Crippen LogP contribution in [0.5, 0.6) is 0 Å². The van der Waals surface area contributed by atoms with Gasteiger partial charge in [-0.15, -0.1) is 0 Å². The first-order valence-corrected chi connectivity index (χ1v) is 8.45. The topological polar surface area (TPSA) is 117 Å². The first kappa shape index (κ1) is 22.3. The monoisotopic (exact) mass is 406 g/mol. The molecule has 1 fully saturated rings. The van der Waals surface area contributed by atoms with Crippen molar-refractivity contribution >= 4 is 11.8 Å². The van der Waals surface area contributed by atoms with Crippen molar-refractivity contribution in [3.63, 3.8) is 0 Å². The fourth-order valence-corrected chi connectivity index (χ4v) is 2.24. The summed E-state index contributed by atoms with van der Waals surface area (Å²) in [6.45, 7) is 1.63. The number of halogens is 2. The summed E-state index contributed by atoms with van der Waals surface area (Å²) in [6.07, 6.45) is -3.33. The largest absolute Gasteiger partial charge is 0.381 e. The van der Waals surface area contributed by atoms with Crippen molar-refractivity contribution in [1.29, 1.82) is 0 Å². The fraction of sp³-hybridized carbons (Fsp3) is 0.368. The second-order valence-electron chi connectivity index (χ2n) is 6.57. The number of hydrogen-bond donors (Lipinski definition) is 4. The van der Waals surface area contributed by atoms with Gasteiger partial charge in [-0.1, -0.05) is 11.8 Å². The van der Waals surface area contributed by atoms with Gasteiger partial charge in [0.1, 0.15) is 6.04 Å². The summed E-state index contributed by atoms with van der Waals surface area (Å²) in [5.41, 5.74) is -0.594. The smallest absolute Gasteiger partial charge is 0.270 e. The Morgan fingerprint density at radius 3 is 2.48 bits per heavy atom. The van der Waals surface area contributed by atoms with E-state index in [-0.39, 0.29) is 11.6 Å². The number of aliphatic hydroxyl groups is 1. The molecule has 1 saturated heterocycles. The fourth-order valence-electron chi connectivity index (χ4n) is 2.24. The Morgan fingerprint density at radius 2 is 1.97 bits per heavy atom. The molecule has 0 saturated carbocycles. The molecule has 5 N–H and O–H groups in total. The number of hydroxylamine groups is 1. The van der Waals surface area contributed by atoms with Gasteiger partial charge in [0, 0.05) is 17.7 Å². The van der Waals surface area contributed by atoms with Crippen LogP contribution in [0.4, 0.5) is 8.78 Å². The van der Waals surface area contributed by atoms with E-state index in [4.69, 9.17) is 0 Å². The maximum Gasteiger partial charge on any atom is 0.270 e. The van der Waals surface area contributed by atoms with Crippen molar-refractivity contribution in [2.24, 2.45) is 5.90 Å². The van der Waals surface area contributed by atoms with Crippen molar-refractivity contribution in [3.8, 4) is 23.7 Å². The lowest BCUT2D eigenvalue weighted by Gasteiger charge is -2.31. The van der Waals surface area contributed by atoms with E-state index in [1.165, 1.54) is 24.3 Å². The predicted molar refractivity (Wildman–Crippen MR) is 98.8 cm³/mol. The summed E-state index contributed by atoms with van der Waals surface area (Å²) in [7, 11) is 1.95. The quantitative estimate of drug-likeness (QED) is 0.285. The molecule has 10 heteroatoms. The van der Waals surface area contributed by atoms with Crippen molar-refractivity contribution in [1.82, 2.24) is 15.7 Å². The minimum atomic E-state index is -3.33. The standard InChI is InChI=1S/C19H20F2N4O4/c1-19(28,18(20)21)15(17(27)24-29-22)23-16(26)13-9-7-12(8-10-13)5-3-4-6-14-11-25(14)2/h7-10,14-15,18,28H,11,22H2,1-2H3,(H,23,26)(H,24,27)/t14?,15-,19+,25?/m1/s1. The highest BCUT2D eigenvalue weighted by molar-refractivity contribution is 5.97. The van der Waals surface area contributed by atoms with Gasteiger partial charge in [-0.2, -0.15) is 10.8 Å². The number of rotatable bonds is 6. The van der Waals surface area contributed by atoms with Gasteiger partial charge in [0.2, 0.25) is 0 Å². The molecule has 29 heavy (non-hydrogen) atoms. The predicted octanol–water partition coefficient (Wildman–Crippen LogP) is -0.608. The molecule has 8 nitrogen and oxygen atoms in total. The number of nitrogens with one attached hydrogen (secondary N) is 2. The zero-order valence-electron chi connectivity index (χ0n) is 15.7. The second kappa shape index (κ2) is 9.45. The van der Waals surface area contributed by atoms with Gasteiger partial charge in [0.05, 0.1) is 6.04 Å². The lowest BCUT2D eigenvalue weighted by molar-refractivity contribution is -0.153. The van der Waals surface area contributed by atoms with E-state index in [1.54, 1.807) is 5.48 Å². The number of amides is 2. The zero-order chi connectivity index (χ0) is 21.6. The Kier molecular flexibility index (Phi) is 7.26. The van der Waals surface area contributed by atoms with Gasteiger partial charge < -0.3 is 10.4 Å². The molecule has 2 unspecified atom stereocenters. The third kappa shape index (κ3) is 5.98. The van der Waals surface area contributed by atoms with Crippen LogP contribution < -0.4 is 16.7 Å². The molecule has 1 aliphatic heterocycles. The van der Waals surface area contributed by atoms with Crippen molar-refractivity contribution in [2.45, 2.75) is 31.0 Å². The second-order valence-corrected chi connectivity index (χ2v) is 6.57. The van der Waals surface area contributed by atoms with Gasteiger partial charge in [0.15, 0.2) is 5.60 Å². The Morgan fingerprint density at radius 1 is 1.34 bits per heavy atom. The molecule has 1 heterocycles. The number of carbonyl (C=O) groups is 2. The third-order valence-corrected chi connectivity index (χ3v) is 4.24. The molecule has 0 spiro atoms. The molecule has 2 amide bonds. The molecular formula is C19H20F2N4O4. The van der Waals surface area contributed by atoms with Crippen LogP contribution in [0.25, 0.3) is 0 Å². The average molecular weight is 406 g/mol. The van der Waals surface area contributed by atoms with Crippen LogP contribution in [0.1, 0.15) is 22.8 Å². The highest BCUT2D eigenvalue weighted by Gasteiger charge is 2.46. The maximum atomic E-state index is 13.1. The van der Waals surface area contributed by atoms with Crippen LogP contribution in [0, 0.1) is 23.7 Å². The van der Waals surface area contributed by atoms with Crippen LogP contribution in [0.3, 0.4) is 0 Å². The van der Waals surface area contributed by atoms with Gasteiger partial charge in [0.25, 0.3) is 18.2 Å². The number of nitrogens with two attached hydrogens (primary N) is 1. The number of nitrogens with zero attached hydrogens (tertiary/aromatic N) is 1. The number of carbonyl (C=O) groups excluding carboxylic acids is 2. The molecule has 1 aromatic carbocycles. The van der Waals surface area contributed by atoms with E-state index in [9.17, 15) is 23.5 Å². The summed E-state index contributed by atoms with van der Waals surface area (Å²) in [5, 5.41) is 12.0. The van der Waals surface area contributed by atoms with Crippen LogP contribution in [0.2, 0.25) is 0 Å². The maximum absolute atomic E-state index is 13.1. The van der Waals surface area contributed by atoms with E-state index in [0.717, 1.165) is 6.54 Å². The van der Waals surface area contributed by atoms with E-state index in [1.807, 2.05) is 7.05 Å². The number of alkyl halides is 2. The normalized spacial score (nSPS) is 20.2. The average Bonchev–Trinajstić information content (AvgIpc) is 3.38. The zero-order valence-corrected chi connectivity index (χ0v) is 15.7. The van der Waals surface area contributed by atoms with Crippen molar-refractivity contribution < 1.29 is 28.4 Å². The van der Waals surface area contributed by atoms with Crippen LogP contribution in [0.15, 0.2) is 24.3 Å². The van der Waals surface area contributed by atoms with Crippen LogP contribution in [-0.4, -0.2) is 59.5 Å². The molecule has 0 aromatic heterocycles. The van der Waals surface area contributed by atoms with E-state index < -0.39 is 29.9 Å². The van der Waals surface area contributed by atoms with Gasteiger partial charge in [-0.3, -0.25) is 14.5 Å². The Hall–Kier alpha value is -3.02. The van der Waals surface area contributed by atoms with E-state index in [0.29, 0.717) is 12.5 Å². The minimum absolute atomic E-state index is 0.0674. The van der Waals surface area contributed by atoms with Gasteiger partial charge in [-0.05, 0) is 50.1 Å². The summed E-state index contributed by atoms with van der Waals surface area (Å²) in [6, 6.07) is 4.09. The van der Waals surface area contributed by atoms with Gasteiger partial charge >= 0.3 is 0 Å². The number of benzene rings is 1. The van der Waals surface area contributed by atoms with E-state index >= 15 is 0 Å². The summed E-state index contributed by atoms with van der Waals surface area (Å²) in [5.74, 6) is 13.8. The Balaban J connectivity index is 2.08. The molecule has 1 aliphatic rings. The minimum Gasteiger partial charge on any atom is -0.381 e. The molecule has 2 rings (SSSR count). The first-order valence-electron chi connectivity index (χ1n) is 8.45. The summed E-state index contributed by atoms with van der Waals surface area (Å²) in [4.78, 5) is 30.2. The van der Waals surface area contributed by atoms with Gasteiger partial charge in [-0.25, -0.2) is 14.3 Å². The molecule has 154 valence electrons. The summed E-state index contributed by atoms with van der Waals surface area (Å²) < 4.78 is 26.2. The molecule has 0 aliphatic carbocycles. The van der Waals surface area contributed by atoms with Crippen LogP contribution in [-0.2, 0) is 9.73 Å². The Labute approximate surface area is 166 Å². The highest BCUT2D eigenvalue weighted by atomic mass is 19.3.